The summed E-state index contributed by atoms with van der Waals surface area (Å²) >= 11 is 0. The summed E-state index contributed by atoms with van der Waals surface area (Å²) in [5.74, 6) is 0. The van der Waals surface area contributed by atoms with Gasteiger partial charge in [0, 0.05) is 33.8 Å². The van der Waals surface area contributed by atoms with Gasteiger partial charge in [-0.3, -0.25) is 4.74 Å². The van der Waals surface area contributed by atoms with Crippen molar-refractivity contribution in [2.24, 2.45) is 4.74 Å². The SMILES string of the molecule is C(C=Cc1ccccc1)=Cc1ccccc1.CCCC[Si](C)(C)P(=NC1=CC=CC1)([Si](C)(C)CCCC)[Si](C)(C)CCCC.[Ti]. The molecule has 0 spiro atoms. The number of rotatable bonds is 16. The topological polar surface area (TPSA) is 12.4 Å². The van der Waals surface area contributed by atoms with Gasteiger partial charge in [0.15, 0.2) is 0 Å². The van der Waals surface area contributed by atoms with E-state index >= 15 is 0 Å². The van der Waals surface area contributed by atoms with Gasteiger partial charge in [0.1, 0.15) is 0 Å². The predicted octanol–water partition coefficient (Wildman–Crippen LogP) is 14.5. The zero-order valence-electron chi connectivity index (χ0n) is 30.3. The van der Waals surface area contributed by atoms with Gasteiger partial charge in [0.05, 0.1) is 23.2 Å². The molecule has 0 amide bonds. The van der Waals surface area contributed by atoms with Crippen LogP contribution < -0.4 is 0 Å². The van der Waals surface area contributed by atoms with Gasteiger partial charge < -0.3 is 0 Å². The van der Waals surface area contributed by atoms with E-state index in [0.29, 0.717) is 0 Å². The van der Waals surface area contributed by atoms with Crippen LogP contribution in [-0.2, 0) is 21.7 Å². The number of unbranched alkanes of at least 4 members (excludes halogenated alkanes) is 3. The number of hydrogen-bond donors (Lipinski definition) is 0. The minimum Gasteiger partial charge on any atom is -0.283 e. The molecule has 0 N–H and O–H groups in total. The van der Waals surface area contributed by atoms with Gasteiger partial charge in [0.2, 0.25) is 0 Å². The molecule has 0 aliphatic heterocycles. The average Bonchev–Trinajstić information content (AvgIpc) is 3.53. The van der Waals surface area contributed by atoms with Crippen molar-refractivity contribution in [3.63, 3.8) is 0 Å². The van der Waals surface area contributed by atoms with Crippen LogP contribution in [0, 0.1) is 0 Å². The van der Waals surface area contributed by atoms with Crippen LogP contribution in [0.2, 0.25) is 57.4 Å². The number of benzene rings is 2. The third-order valence-electron chi connectivity index (χ3n) is 9.37. The molecule has 1 nitrogen and oxygen atoms in total. The second-order valence-electron chi connectivity index (χ2n) is 14.3. The number of allylic oxidation sites excluding steroid dienone is 5. The van der Waals surface area contributed by atoms with Crippen LogP contribution in [0.3, 0.4) is 0 Å². The molecule has 6 heteroatoms. The summed E-state index contributed by atoms with van der Waals surface area (Å²) in [7, 11) is -4.33. The van der Waals surface area contributed by atoms with Crippen molar-refractivity contribution in [2.45, 2.75) is 123 Å². The van der Waals surface area contributed by atoms with E-state index in [1.165, 1.54) is 73.5 Å². The molecule has 1 aliphatic rings. The van der Waals surface area contributed by atoms with Gasteiger partial charge in [-0.25, -0.2) is 0 Å². The molecule has 0 atom stereocenters. The normalized spacial score (nSPS) is 13.8. The first-order chi connectivity index (χ1) is 21.0. The van der Waals surface area contributed by atoms with E-state index in [4.69, 9.17) is 4.74 Å². The molecule has 0 heterocycles. The molecule has 3 rings (SSSR count). The van der Waals surface area contributed by atoms with Crippen LogP contribution in [0.15, 0.2) is 101 Å². The summed E-state index contributed by atoms with van der Waals surface area (Å²) < 4.78 is 6.08. The van der Waals surface area contributed by atoms with Crippen LogP contribution in [0.25, 0.3) is 12.2 Å². The Labute approximate surface area is 296 Å². The minimum atomic E-state index is -1.44. The quantitative estimate of drug-likeness (QED) is 0.0935. The Hall–Kier alpha value is -1.01. The van der Waals surface area contributed by atoms with Gasteiger partial charge >= 0.3 is 0 Å². The first-order valence-corrected chi connectivity index (χ1v) is 31.3. The zero-order valence-corrected chi connectivity index (χ0v) is 35.7. The van der Waals surface area contributed by atoms with E-state index in [-0.39, 0.29) is 21.7 Å². The average molecular weight is 710 g/mol. The maximum Gasteiger partial charge on any atom is 0.0873 e. The molecule has 0 aromatic heterocycles. The van der Waals surface area contributed by atoms with Crippen LogP contribution >= 0.6 is 5.70 Å². The van der Waals surface area contributed by atoms with E-state index in [9.17, 15) is 0 Å². The standard InChI is InChI=1S/C23H50NPSi3.C16H14.Ti/c1-10-13-20-26(4,5)25(24-23-18-16-17-19-23,27(6,7)21-14-11-2)28(8,9)22-15-12-3;1-3-9-15(10-4-1)13-7-8-14-16-11-5-2-6-12-16;/h16-18H,10-15,19-22H2,1-9H3;1-14H;. The Morgan fingerprint density at radius 1 is 0.622 bits per heavy atom. The summed E-state index contributed by atoms with van der Waals surface area (Å²) in [5, 5.41) is 0. The summed E-state index contributed by atoms with van der Waals surface area (Å²) in [6.07, 6.45) is 24.6. The van der Waals surface area contributed by atoms with Gasteiger partial charge in [-0.1, -0.05) is 220 Å². The van der Waals surface area contributed by atoms with Crippen molar-refractivity contribution < 1.29 is 21.7 Å². The molecule has 0 radical (unpaired) electrons. The van der Waals surface area contributed by atoms with Gasteiger partial charge in [-0.2, -0.15) is 0 Å². The van der Waals surface area contributed by atoms with Crippen molar-refractivity contribution in [3.8, 4) is 0 Å². The fraction of sp³-hybridized carbons (Fsp3) is 0.487. The largest absolute Gasteiger partial charge is 0.283 e. The number of hydrogen-bond acceptors (Lipinski definition) is 1. The summed E-state index contributed by atoms with van der Waals surface area (Å²) in [6, 6.07) is 25.1. The third-order valence-corrected chi connectivity index (χ3v) is 71.3. The molecular weight excluding hydrogens is 646 g/mol. The molecule has 0 bridgehead atoms. The third kappa shape index (κ3) is 12.5. The maximum atomic E-state index is 6.08. The molecule has 0 unspecified atom stereocenters. The van der Waals surface area contributed by atoms with Crippen molar-refractivity contribution in [3.05, 3.63) is 108 Å². The Kier molecular flexibility index (Phi) is 19.7. The van der Waals surface area contributed by atoms with E-state index in [1.807, 2.05) is 36.4 Å². The van der Waals surface area contributed by atoms with Gasteiger partial charge in [0.25, 0.3) is 0 Å². The van der Waals surface area contributed by atoms with E-state index in [2.05, 4.69) is 127 Å². The van der Waals surface area contributed by atoms with Gasteiger partial charge in [-0.05, 0) is 17.2 Å². The molecule has 1 aliphatic carbocycles. The monoisotopic (exact) mass is 709 g/mol. The first-order valence-electron chi connectivity index (χ1n) is 17.4. The van der Waals surface area contributed by atoms with E-state index in [1.54, 1.807) is 0 Å². The second-order valence-corrected chi connectivity index (χ2v) is 48.9. The number of nitrogens with zero attached hydrogens (tertiary/aromatic N) is 1. The van der Waals surface area contributed by atoms with Crippen molar-refractivity contribution in [1.29, 1.82) is 0 Å². The Bertz CT molecular complexity index is 1170. The molecule has 0 fully saturated rings. The van der Waals surface area contributed by atoms with Crippen molar-refractivity contribution >= 4 is 41.1 Å². The second kappa shape index (κ2) is 21.1. The van der Waals surface area contributed by atoms with Crippen LogP contribution in [0.5, 0.6) is 0 Å². The molecular formula is C39H64NPSi3Ti. The van der Waals surface area contributed by atoms with Crippen LogP contribution in [0.1, 0.15) is 76.8 Å². The van der Waals surface area contributed by atoms with Crippen molar-refractivity contribution in [1.82, 2.24) is 0 Å². The Morgan fingerprint density at radius 2 is 1.00 bits per heavy atom. The summed E-state index contributed by atoms with van der Waals surface area (Å²) in [4.78, 5) is 0. The smallest absolute Gasteiger partial charge is 0.0873 e. The van der Waals surface area contributed by atoms with E-state index in [0.717, 1.165) is 6.42 Å². The van der Waals surface area contributed by atoms with Crippen molar-refractivity contribution in [2.75, 3.05) is 0 Å². The van der Waals surface area contributed by atoms with Gasteiger partial charge in [-0.15, -0.1) is 0 Å². The Balaban J connectivity index is 0.000000502. The van der Waals surface area contributed by atoms with Crippen LogP contribution in [-0.4, -0.2) is 23.2 Å². The van der Waals surface area contributed by atoms with E-state index < -0.39 is 28.9 Å². The maximum absolute atomic E-state index is 6.08. The first kappa shape index (κ1) is 42.0. The predicted molar refractivity (Wildman–Crippen MR) is 214 cm³/mol. The summed E-state index contributed by atoms with van der Waals surface area (Å²) in [5.41, 5.74) is 2.58. The molecule has 246 valence electrons. The zero-order chi connectivity index (χ0) is 32.5. The molecule has 0 saturated heterocycles. The minimum absolute atomic E-state index is 0. The van der Waals surface area contributed by atoms with Crippen LogP contribution in [0.4, 0.5) is 0 Å². The fourth-order valence-electron chi connectivity index (χ4n) is 7.34. The molecule has 2 aromatic rings. The molecule has 0 saturated carbocycles. The summed E-state index contributed by atoms with van der Waals surface area (Å²) in [6.45, 7) is 23.8. The molecule has 2 aromatic carbocycles. The Morgan fingerprint density at radius 3 is 1.31 bits per heavy atom. The molecule has 45 heavy (non-hydrogen) atoms. The fourth-order valence-corrected chi connectivity index (χ4v) is 91.2.